The summed E-state index contributed by atoms with van der Waals surface area (Å²) in [6.07, 6.45) is 1.23. The van der Waals surface area contributed by atoms with Gasteiger partial charge in [-0.2, -0.15) is 0 Å². The molecule has 1 aliphatic rings. The van der Waals surface area contributed by atoms with Gasteiger partial charge in [-0.3, -0.25) is 9.59 Å². The number of benzene rings is 1. The van der Waals surface area contributed by atoms with Crippen LogP contribution in [0.15, 0.2) is 18.2 Å². The van der Waals surface area contributed by atoms with Crippen molar-refractivity contribution in [2.75, 3.05) is 0 Å². The molecule has 1 amide bonds. The Morgan fingerprint density at radius 1 is 1.40 bits per heavy atom. The molecule has 0 bridgehead atoms. The van der Waals surface area contributed by atoms with Crippen LogP contribution in [0.3, 0.4) is 0 Å². The highest BCUT2D eigenvalue weighted by atomic mass is 19.2. The fourth-order valence-corrected chi connectivity index (χ4v) is 1.89. The number of carboxylic acid groups (broad SMARTS) is 1. The maximum atomic E-state index is 13.6. The lowest BCUT2D eigenvalue weighted by molar-refractivity contribution is -0.154. The summed E-state index contributed by atoms with van der Waals surface area (Å²) in [7, 11) is 0. The molecule has 0 aromatic heterocycles. The SMILES string of the molecule is CC(Cc1cccc(F)c1F)(C(=O)O)C(=O)NC1CC1. The van der Waals surface area contributed by atoms with Gasteiger partial charge in [0.15, 0.2) is 11.6 Å². The highest BCUT2D eigenvalue weighted by Crippen LogP contribution is 2.28. The standard InChI is InChI=1S/C14H15F2NO3/c1-14(13(19)20,12(18)17-9-5-6-9)7-8-3-2-4-10(15)11(8)16/h2-4,9H,5-7H2,1H3,(H,17,18)(H,19,20). The molecule has 2 N–H and O–H groups in total. The van der Waals surface area contributed by atoms with Gasteiger partial charge in [0.1, 0.15) is 5.41 Å². The molecular weight excluding hydrogens is 268 g/mol. The zero-order valence-electron chi connectivity index (χ0n) is 11.0. The normalized spacial score (nSPS) is 17.4. The maximum absolute atomic E-state index is 13.6. The summed E-state index contributed by atoms with van der Waals surface area (Å²) in [5, 5.41) is 11.9. The number of hydrogen-bond donors (Lipinski definition) is 2. The van der Waals surface area contributed by atoms with Crippen LogP contribution in [0.25, 0.3) is 0 Å². The third-order valence-corrected chi connectivity index (χ3v) is 3.46. The third kappa shape index (κ3) is 2.79. The van der Waals surface area contributed by atoms with Gasteiger partial charge < -0.3 is 10.4 Å². The van der Waals surface area contributed by atoms with Gasteiger partial charge in [-0.15, -0.1) is 0 Å². The number of carbonyl (C=O) groups is 2. The average molecular weight is 283 g/mol. The first-order chi connectivity index (χ1) is 9.34. The van der Waals surface area contributed by atoms with E-state index in [1.165, 1.54) is 19.1 Å². The van der Waals surface area contributed by atoms with E-state index in [0.717, 1.165) is 18.9 Å². The maximum Gasteiger partial charge on any atom is 0.319 e. The number of halogens is 2. The molecule has 0 saturated heterocycles. The van der Waals surface area contributed by atoms with Crippen LogP contribution < -0.4 is 5.32 Å². The molecule has 108 valence electrons. The van der Waals surface area contributed by atoms with Crippen molar-refractivity contribution in [3.05, 3.63) is 35.4 Å². The van der Waals surface area contributed by atoms with Gasteiger partial charge in [-0.25, -0.2) is 8.78 Å². The lowest BCUT2D eigenvalue weighted by atomic mass is 9.82. The van der Waals surface area contributed by atoms with Crippen LogP contribution in [-0.4, -0.2) is 23.0 Å². The molecule has 1 aromatic rings. The van der Waals surface area contributed by atoms with E-state index < -0.39 is 35.3 Å². The highest BCUT2D eigenvalue weighted by Gasteiger charge is 2.44. The predicted octanol–water partition coefficient (Wildman–Crippen LogP) is 1.88. The lowest BCUT2D eigenvalue weighted by Crippen LogP contribution is -2.47. The summed E-state index contributed by atoms with van der Waals surface area (Å²) in [6, 6.07) is 3.51. The third-order valence-electron chi connectivity index (χ3n) is 3.46. The minimum atomic E-state index is -1.82. The van der Waals surface area contributed by atoms with E-state index in [4.69, 9.17) is 0 Å². The molecule has 1 atom stereocenters. The second-order valence-corrected chi connectivity index (χ2v) is 5.27. The predicted molar refractivity (Wildman–Crippen MR) is 67.0 cm³/mol. The number of rotatable bonds is 5. The average Bonchev–Trinajstić information content (AvgIpc) is 3.18. The molecule has 0 spiro atoms. The van der Waals surface area contributed by atoms with Crippen molar-refractivity contribution in [1.29, 1.82) is 0 Å². The Kier molecular flexibility index (Phi) is 3.74. The molecule has 1 fully saturated rings. The molecular formula is C14H15F2NO3. The number of nitrogens with one attached hydrogen (secondary N) is 1. The van der Waals surface area contributed by atoms with Crippen molar-refractivity contribution < 1.29 is 23.5 Å². The van der Waals surface area contributed by atoms with Crippen LogP contribution in [0.1, 0.15) is 25.3 Å². The number of carboxylic acids is 1. The van der Waals surface area contributed by atoms with E-state index in [1.54, 1.807) is 0 Å². The summed E-state index contributed by atoms with van der Waals surface area (Å²) >= 11 is 0. The number of aliphatic carboxylic acids is 1. The van der Waals surface area contributed by atoms with E-state index in [0.29, 0.717) is 0 Å². The fraction of sp³-hybridized carbons (Fsp3) is 0.429. The zero-order chi connectivity index (χ0) is 14.9. The topological polar surface area (TPSA) is 66.4 Å². The molecule has 0 heterocycles. The van der Waals surface area contributed by atoms with Crippen molar-refractivity contribution in [3.8, 4) is 0 Å². The van der Waals surface area contributed by atoms with Crippen molar-refractivity contribution in [2.45, 2.75) is 32.2 Å². The molecule has 6 heteroatoms. The minimum absolute atomic E-state index is 0.00136. The van der Waals surface area contributed by atoms with Crippen LogP contribution in [0.2, 0.25) is 0 Å². The Labute approximate surface area is 114 Å². The molecule has 1 aliphatic carbocycles. The molecule has 1 aromatic carbocycles. The van der Waals surface area contributed by atoms with Gasteiger partial charge in [-0.1, -0.05) is 12.1 Å². The van der Waals surface area contributed by atoms with E-state index in [-0.39, 0.29) is 11.6 Å². The molecule has 4 nitrogen and oxygen atoms in total. The molecule has 0 aliphatic heterocycles. The van der Waals surface area contributed by atoms with Crippen LogP contribution in [0.4, 0.5) is 8.78 Å². The quantitative estimate of drug-likeness (QED) is 0.811. The van der Waals surface area contributed by atoms with Gasteiger partial charge in [-0.05, 0) is 31.4 Å². The molecule has 0 radical (unpaired) electrons. The van der Waals surface area contributed by atoms with E-state index in [1.807, 2.05) is 0 Å². The Bertz CT molecular complexity index is 557. The first-order valence-electron chi connectivity index (χ1n) is 6.32. The summed E-state index contributed by atoms with van der Waals surface area (Å²) in [6.45, 7) is 1.22. The van der Waals surface area contributed by atoms with Crippen LogP contribution in [0, 0.1) is 17.0 Å². The van der Waals surface area contributed by atoms with Crippen molar-refractivity contribution in [1.82, 2.24) is 5.32 Å². The second-order valence-electron chi connectivity index (χ2n) is 5.27. The first kappa shape index (κ1) is 14.4. The number of hydrogen-bond acceptors (Lipinski definition) is 2. The van der Waals surface area contributed by atoms with Crippen molar-refractivity contribution in [2.24, 2.45) is 5.41 Å². The molecule has 1 unspecified atom stereocenters. The van der Waals surface area contributed by atoms with Gasteiger partial charge in [0.2, 0.25) is 5.91 Å². The van der Waals surface area contributed by atoms with E-state index in [9.17, 15) is 23.5 Å². The highest BCUT2D eigenvalue weighted by molar-refractivity contribution is 6.02. The lowest BCUT2D eigenvalue weighted by Gasteiger charge is -2.24. The summed E-state index contributed by atoms with van der Waals surface area (Å²) < 4.78 is 26.8. The van der Waals surface area contributed by atoms with Gasteiger partial charge >= 0.3 is 5.97 Å². The monoisotopic (exact) mass is 283 g/mol. The number of amides is 1. The molecule has 2 rings (SSSR count). The first-order valence-corrected chi connectivity index (χ1v) is 6.32. The largest absolute Gasteiger partial charge is 0.480 e. The van der Waals surface area contributed by atoms with Gasteiger partial charge in [0, 0.05) is 12.5 Å². The molecule has 1 saturated carbocycles. The van der Waals surface area contributed by atoms with Gasteiger partial charge in [0.25, 0.3) is 0 Å². The van der Waals surface area contributed by atoms with Crippen LogP contribution in [0.5, 0.6) is 0 Å². The van der Waals surface area contributed by atoms with E-state index >= 15 is 0 Å². The Hall–Kier alpha value is -1.98. The van der Waals surface area contributed by atoms with Gasteiger partial charge in [0.05, 0.1) is 0 Å². The van der Waals surface area contributed by atoms with Crippen LogP contribution in [-0.2, 0) is 16.0 Å². The zero-order valence-corrected chi connectivity index (χ0v) is 11.0. The fourth-order valence-electron chi connectivity index (χ4n) is 1.89. The van der Waals surface area contributed by atoms with Crippen LogP contribution >= 0.6 is 0 Å². The minimum Gasteiger partial charge on any atom is -0.480 e. The smallest absolute Gasteiger partial charge is 0.319 e. The number of carbonyl (C=O) groups excluding carboxylic acids is 1. The van der Waals surface area contributed by atoms with Crippen molar-refractivity contribution in [3.63, 3.8) is 0 Å². The summed E-state index contributed by atoms with van der Waals surface area (Å²) in [5.74, 6) is -4.20. The molecule has 20 heavy (non-hydrogen) atoms. The Morgan fingerprint density at radius 3 is 2.60 bits per heavy atom. The summed E-state index contributed by atoms with van der Waals surface area (Å²) in [5.41, 5.74) is -1.95. The van der Waals surface area contributed by atoms with Crippen molar-refractivity contribution >= 4 is 11.9 Å². The second kappa shape index (κ2) is 5.19. The summed E-state index contributed by atoms with van der Waals surface area (Å²) in [4.78, 5) is 23.4. The Balaban J connectivity index is 2.26. The Morgan fingerprint density at radius 2 is 2.05 bits per heavy atom. The van der Waals surface area contributed by atoms with E-state index in [2.05, 4.69) is 5.32 Å².